The smallest absolute Gasteiger partial charge is 0.462 e. The Bertz CT molecular complexity index is 1060. The van der Waals surface area contributed by atoms with Crippen molar-refractivity contribution in [2.45, 2.75) is 206 Å². The SMILES string of the molecule is CCCC(O)C/C=C\C/C=C\C/C=C\C/C=C\CCCC(=O)O[C@H](COC(=O)CCCCCCCCCCCCCCCCCCC(C)C)COP(=O)(O)O. The average molecular weight is 797 g/mol. The number of hydrogen-bond donors (Lipinski definition) is 3. The predicted octanol–water partition coefficient (Wildman–Crippen LogP) is 12.3. The molecule has 10 heteroatoms. The highest BCUT2D eigenvalue weighted by molar-refractivity contribution is 7.46. The number of phosphoric ester groups is 1. The number of esters is 2. The quantitative estimate of drug-likeness (QED) is 0.0240. The molecular weight excluding hydrogens is 715 g/mol. The highest BCUT2D eigenvalue weighted by Gasteiger charge is 2.22. The minimum Gasteiger partial charge on any atom is -0.462 e. The first-order valence-electron chi connectivity index (χ1n) is 21.9. The summed E-state index contributed by atoms with van der Waals surface area (Å²) in [6.45, 7) is 5.80. The van der Waals surface area contributed by atoms with Crippen molar-refractivity contribution in [3.63, 3.8) is 0 Å². The summed E-state index contributed by atoms with van der Waals surface area (Å²) in [4.78, 5) is 42.9. The summed E-state index contributed by atoms with van der Waals surface area (Å²) in [5.41, 5.74) is 0. The summed E-state index contributed by atoms with van der Waals surface area (Å²) < 4.78 is 26.3. The lowest BCUT2D eigenvalue weighted by Gasteiger charge is -2.18. The zero-order valence-electron chi connectivity index (χ0n) is 35.1. The van der Waals surface area contributed by atoms with Gasteiger partial charge in [-0.1, -0.05) is 179 Å². The van der Waals surface area contributed by atoms with Crippen LogP contribution in [0.4, 0.5) is 0 Å². The molecule has 0 aromatic heterocycles. The van der Waals surface area contributed by atoms with E-state index in [-0.39, 0.29) is 25.6 Å². The van der Waals surface area contributed by atoms with E-state index in [0.717, 1.165) is 50.9 Å². The van der Waals surface area contributed by atoms with Gasteiger partial charge in [-0.25, -0.2) is 4.57 Å². The Kier molecular flexibility index (Phi) is 37.4. The van der Waals surface area contributed by atoms with Crippen LogP contribution in [0.5, 0.6) is 0 Å². The van der Waals surface area contributed by atoms with Crippen molar-refractivity contribution in [3.05, 3.63) is 48.6 Å². The van der Waals surface area contributed by atoms with Gasteiger partial charge in [0.2, 0.25) is 0 Å². The molecule has 0 aliphatic rings. The van der Waals surface area contributed by atoms with Gasteiger partial charge in [0.15, 0.2) is 6.10 Å². The molecule has 0 aliphatic carbocycles. The third-order valence-corrected chi connectivity index (χ3v) is 9.82. The minimum atomic E-state index is -4.78. The van der Waals surface area contributed by atoms with Crippen molar-refractivity contribution < 1.29 is 43.0 Å². The van der Waals surface area contributed by atoms with Gasteiger partial charge in [-0.2, -0.15) is 0 Å². The van der Waals surface area contributed by atoms with Crippen molar-refractivity contribution in [1.29, 1.82) is 0 Å². The van der Waals surface area contributed by atoms with E-state index in [4.69, 9.17) is 19.3 Å². The first kappa shape index (κ1) is 53.0. The van der Waals surface area contributed by atoms with Crippen LogP contribution in [0, 0.1) is 5.92 Å². The molecule has 0 rings (SSSR count). The topological polar surface area (TPSA) is 140 Å². The van der Waals surface area contributed by atoms with E-state index in [1.165, 1.54) is 89.9 Å². The Hall–Kier alpha value is -2.03. The summed E-state index contributed by atoms with van der Waals surface area (Å²) >= 11 is 0. The lowest BCUT2D eigenvalue weighted by atomic mass is 10.0. The van der Waals surface area contributed by atoms with Gasteiger partial charge in [0.05, 0.1) is 12.7 Å². The maximum atomic E-state index is 12.4. The molecule has 0 bridgehead atoms. The zero-order chi connectivity index (χ0) is 40.7. The normalized spacial score (nSPS) is 13.6. The van der Waals surface area contributed by atoms with Gasteiger partial charge in [-0.05, 0) is 57.3 Å². The van der Waals surface area contributed by atoms with Crippen molar-refractivity contribution >= 4 is 19.8 Å². The van der Waals surface area contributed by atoms with Crippen molar-refractivity contribution in [2.75, 3.05) is 13.2 Å². The molecule has 3 N–H and O–H groups in total. The minimum absolute atomic E-state index is 0.121. The number of carbonyl (C=O) groups is 2. The maximum Gasteiger partial charge on any atom is 0.469 e. The van der Waals surface area contributed by atoms with Gasteiger partial charge in [0.1, 0.15) is 6.61 Å². The second-order valence-electron chi connectivity index (χ2n) is 15.3. The molecule has 320 valence electrons. The summed E-state index contributed by atoms with van der Waals surface area (Å²) in [6, 6.07) is 0. The van der Waals surface area contributed by atoms with Crippen LogP contribution in [-0.2, 0) is 28.2 Å². The Morgan fingerprint density at radius 1 is 0.582 bits per heavy atom. The molecule has 0 aromatic rings. The molecule has 1 unspecified atom stereocenters. The third kappa shape index (κ3) is 42.9. The molecule has 55 heavy (non-hydrogen) atoms. The van der Waals surface area contributed by atoms with E-state index < -0.39 is 32.5 Å². The lowest BCUT2D eigenvalue weighted by Crippen LogP contribution is -2.29. The van der Waals surface area contributed by atoms with E-state index in [9.17, 15) is 19.3 Å². The van der Waals surface area contributed by atoms with Crippen LogP contribution in [0.25, 0.3) is 0 Å². The Balaban J connectivity index is 3.99. The number of aliphatic hydroxyl groups is 1. The van der Waals surface area contributed by atoms with E-state index in [2.05, 4.69) is 55.7 Å². The van der Waals surface area contributed by atoms with Crippen LogP contribution in [0.15, 0.2) is 48.6 Å². The summed E-state index contributed by atoms with van der Waals surface area (Å²) in [6.07, 6.45) is 43.3. The van der Waals surface area contributed by atoms with Crippen molar-refractivity contribution in [3.8, 4) is 0 Å². The van der Waals surface area contributed by atoms with Gasteiger partial charge in [-0.15, -0.1) is 0 Å². The zero-order valence-corrected chi connectivity index (χ0v) is 36.0. The van der Waals surface area contributed by atoms with Crippen LogP contribution in [0.2, 0.25) is 0 Å². The average Bonchev–Trinajstić information content (AvgIpc) is 3.13. The Morgan fingerprint density at radius 2 is 1.04 bits per heavy atom. The molecule has 0 amide bonds. The first-order chi connectivity index (χ1) is 26.5. The second kappa shape index (κ2) is 38.8. The van der Waals surface area contributed by atoms with E-state index in [1.807, 2.05) is 18.2 Å². The lowest BCUT2D eigenvalue weighted by molar-refractivity contribution is -0.161. The van der Waals surface area contributed by atoms with Crippen LogP contribution < -0.4 is 0 Å². The van der Waals surface area contributed by atoms with E-state index in [0.29, 0.717) is 25.7 Å². The van der Waals surface area contributed by atoms with E-state index >= 15 is 0 Å². The second-order valence-corrected chi connectivity index (χ2v) is 16.6. The van der Waals surface area contributed by atoms with Crippen LogP contribution in [-0.4, -0.2) is 52.3 Å². The molecule has 9 nitrogen and oxygen atoms in total. The maximum absolute atomic E-state index is 12.4. The molecule has 0 aromatic carbocycles. The number of phosphoric acid groups is 1. The molecule has 0 saturated carbocycles. The van der Waals surface area contributed by atoms with Crippen LogP contribution in [0.1, 0.15) is 194 Å². The fourth-order valence-electron chi connectivity index (χ4n) is 6.10. The molecule has 0 saturated heterocycles. The highest BCUT2D eigenvalue weighted by Crippen LogP contribution is 2.36. The van der Waals surface area contributed by atoms with Crippen molar-refractivity contribution in [1.82, 2.24) is 0 Å². The Morgan fingerprint density at radius 3 is 1.53 bits per heavy atom. The number of aliphatic hydroxyl groups excluding tert-OH is 1. The molecular formula is C45H81O9P. The van der Waals surface area contributed by atoms with Crippen LogP contribution >= 0.6 is 7.82 Å². The first-order valence-corrected chi connectivity index (χ1v) is 23.4. The molecule has 2 atom stereocenters. The number of rotatable bonds is 39. The summed E-state index contributed by atoms with van der Waals surface area (Å²) in [7, 11) is -4.78. The van der Waals surface area contributed by atoms with Gasteiger partial charge >= 0.3 is 19.8 Å². The van der Waals surface area contributed by atoms with Gasteiger partial charge in [-0.3, -0.25) is 14.1 Å². The molecule has 0 aliphatic heterocycles. The number of ether oxygens (including phenoxy) is 2. The van der Waals surface area contributed by atoms with Gasteiger partial charge < -0.3 is 24.4 Å². The number of allylic oxidation sites excluding steroid dienone is 7. The molecule has 0 fully saturated rings. The molecule has 0 heterocycles. The number of unbranched alkanes of at least 4 members (excludes halogenated alkanes) is 16. The standard InChI is InChI=1S/C45H81O9P/c1-4-34-42(46)36-31-27-23-19-15-11-9-13-17-21-25-29-33-38-45(48)54-43(40-53-55(49,50)51)39-52-44(47)37-32-28-24-20-16-12-8-6-5-7-10-14-18-22-26-30-35-41(2)3/h9,13,15,19,21,25,27,31,41-43,46H,4-8,10-12,14,16-18,20,22-24,26,28-30,32-40H2,1-3H3,(H2,49,50,51)/b13-9-,19-15-,25-21-,31-27-/t42?,43-/m1/s1. The van der Waals surface area contributed by atoms with Crippen LogP contribution in [0.3, 0.4) is 0 Å². The molecule has 0 radical (unpaired) electrons. The number of carbonyl (C=O) groups excluding carboxylic acids is 2. The fraction of sp³-hybridized carbons (Fsp3) is 0.778. The fourth-order valence-corrected chi connectivity index (χ4v) is 6.46. The Labute approximate surface area is 336 Å². The van der Waals surface area contributed by atoms with Gasteiger partial charge in [0.25, 0.3) is 0 Å². The monoisotopic (exact) mass is 797 g/mol. The predicted molar refractivity (Wildman–Crippen MR) is 227 cm³/mol. The van der Waals surface area contributed by atoms with Crippen molar-refractivity contribution in [2.24, 2.45) is 5.92 Å². The largest absolute Gasteiger partial charge is 0.469 e. The number of hydrogen-bond acceptors (Lipinski definition) is 7. The summed E-state index contributed by atoms with van der Waals surface area (Å²) in [5.74, 6) is -0.130. The van der Waals surface area contributed by atoms with Gasteiger partial charge in [0, 0.05) is 12.8 Å². The molecule has 0 spiro atoms. The third-order valence-electron chi connectivity index (χ3n) is 9.33. The summed E-state index contributed by atoms with van der Waals surface area (Å²) in [5, 5.41) is 9.71. The van der Waals surface area contributed by atoms with E-state index in [1.54, 1.807) is 0 Å². The highest BCUT2D eigenvalue weighted by atomic mass is 31.2.